The molecule has 1 N–H and O–H groups in total. The van der Waals surface area contributed by atoms with Crippen LogP contribution in [0.1, 0.15) is 16.7 Å². The molecule has 5 rings (SSSR count). The van der Waals surface area contributed by atoms with Crippen LogP contribution in [-0.2, 0) is 23.9 Å². The maximum Gasteiger partial charge on any atom is 0.416 e. The van der Waals surface area contributed by atoms with Gasteiger partial charge in [0.05, 0.1) is 17.5 Å². The number of nitrogens with zero attached hydrogens (tertiary/aromatic N) is 3. The van der Waals surface area contributed by atoms with Gasteiger partial charge < -0.3 is 15.1 Å². The number of piperazine rings is 1. The van der Waals surface area contributed by atoms with Crippen LogP contribution >= 0.6 is 0 Å². The molecular formula is C26H25F3N4O. The summed E-state index contributed by atoms with van der Waals surface area (Å²) in [5.41, 5.74) is 2.64. The number of rotatable bonds is 4. The van der Waals surface area contributed by atoms with Crippen molar-refractivity contribution in [2.45, 2.75) is 25.2 Å². The number of hydrogen-bond donors (Lipinski definition) is 1. The van der Waals surface area contributed by atoms with Gasteiger partial charge in [-0.1, -0.05) is 24.3 Å². The van der Waals surface area contributed by atoms with E-state index in [-0.39, 0.29) is 18.4 Å². The van der Waals surface area contributed by atoms with E-state index in [0.29, 0.717) is 25.2 Å². The van der Waals surface area contributed by atoms with Crippen molar-refractivity contribution >= 4 is 17.3 Å². The smallest absolute Gasteiger partial charge is 0.368 e. The number of fused-ring (bicyclic) bond motifs is 3. The molecule has 0 saturated carbocycles. The Balaban J connectivity index is 1.44. The van der Waals surface area contributed by atoms with E-state index < -0.39 is 17.7 Å². The van der Waals surface area contributed by atoms with Crippen LogP contribution in [0.2, 0.25) is 0 Å². The summed E-state index contributed by atoms with van der Waals surface area (Å²) in [5, 5.41) is 2.99. The molecule has 5 nitrogen and oxygen atoms in total. The van der Waals surface area contributed by atoms with Crippen LogP contribution in [0.15, 0.2) is 73.1 Å². The Morgan fingerprint density at radius 2 is 1.88 bits per heavy atom. The highest BCUT2D eigenvalue weighted by atomic mass is 19.4. The number of anilines is 2. The third-order valence-electron chi connectivity index (χ3n) is 6.69. The van der Waals surface area contributed by atoms with Crippen LogP contribution in [-0.4, -0.2) is 36.6 Å². The number of aromatic nitrogens is 1. The van der Waals surface area contributed by atoms with Gasteiger partial charge in [0.15, 0.2) is 0 Å². The molecule has 8 heteroatoms. The number of pyridine rings is 1. The van der Waals surface area contributed by atoms with Crippen molar-refractivity contribution in [3.8, 4) is 0 Å². The van der Waals surface area contributed by atoms with E-state index in [0.717, 1.165) is 29.5 Å². The Morgan fingerprint density at radius 1 is 1.06 bits per heavy atom. The Labute approximate surface area is 196 Å². The molecule has 176 valence electrons. The van der Waals surface area contributed by atoms with Crippen molar-refractivity contribution < 1.29 is 18.0 Å². The monoisotopic (exact) mass is 466 g/mol. The largest absolute Gasteiger partial charge is 0.416 e. The topological polar surface area (TPSA) is 48.5 Å². The summed E-state index contributed by atoms with van der Waals surface area (Å²) in [6, 6.07) is 17.4. The van der Waals surface area contributed by atoms with Crippen LogP contribution in [0.4, 0.5) is 24.5 Å². The van der Waals surface area contributed by atoms with Gasteiger partial charge in [-0.3, -0.25) is 9.78 Å². The molecule has 34 heavy (non-hydrogen) atoms. The first-order chi connectivity index (χ1) is 16.4. The molecule has 0 bridgehead atoms. The van der Waals surface area contributed by atoms with Crippen molar-refractivity contribution in [2.24, 2.45) is 5.92 Å². The molecule has 1 saturated heterocycles. The van der Waals surface area contributed by atoms with Gasteiger partial charge in [0.2, 0.25) is 5.91 Å². The lowest BCUT2D eigenvalue weighted by atomic mass is 9.82. The zero-order valence-corrected chi connectivity index (χ0v) is 18.5. The van der Waals surface area contributed by atoms with Crippen LogP contribution < -0.4 is 15.1 Å². The number of benzene rings is 2. The first-order valence-corrected chi connectivity index (χ1v) is 11.3. The van der Waals surface area contributed by atoms with Crippen LogP contribution in [0.5, 0.6) is 0 Å². The van der Waals surface area contributed by atoms with Gasteiger partial charge in [-0.15, -0.1) is 0 Å². The van der Waals surface area contributed by atoms with E-state index in [9.17, 15) is 18.0 Å². The minimum absolute atomic E-state index is 0.146. The van der Waals surface area contributed by atoms with Crippen molar-refractivity contribution in [3.63, 3.8) is 0 Å². The molecule has 1 amide bonds. The van der Waals surface area contributed by atoms with E-state index >= 15 is 0 Å². The molecule has 0 spiro atoms. The second-order valence-electron chi connectivity index (χ2n) is 8.77. The van der Waals surface area contributed by atoms with Crippen LogP contribution in [0.25, 0.3) is 0 Å². The number of para-hydroxylation sites is 1. The number of carbonyl (C=O) groups is 1. The predicted octanol–water partition coefficient (Wildman–Crippen LogP) is 4.28. The maximum atomic E-state index is 13.4. The van der Waals surface area contributed by atoms with Gasteiger partial charge in [0.25, 0.3) is 0 Å². The highest BCUT2D eigenvalue weighted by Gasteiger charge is 2.42. The van der Waals surface area contributed by atoms with Gasteiger partial charge in [-0.05, 0) is 53.9 Å². The number of nitrogens with one attached hydrogen (secondary N) is 1. The fraction of sp³-hybridized carbons (Fsp3) is 0.308. The van der Waals surface area contributed by atoms with Gasteiger partial charge in [0, 0.05) is 49.9 Å². The zero-order valence-electron chi connectivity index (χ0n) is 18.5. The Kier molecular flexibility index (Phi) is 5.89. The summed E-state index contributed by atoms with van der Waals surface area (Å²) in [5.74, 6) is -0.629. The second-order valence-corrected chi connectivity index (χ2v) is 8.77. The number of alkyl halides is 3. The highest BCUT2D eigenvalue weighted by Crippen LogP contribution is 2.40. The van der Waals surface area contributed by atoms with Crippen molar-refractivity contribution in [2.75, 3.05) is 29.4 Å². The number of carbonyl (C=O) groups excluding carboxylic acids is 1. The van der Waals surface area contributed by atoms with E-state index in [1.54, 1.807) is 24.5 Å². The molecular weight excluding hydrogens is 441 g/mol. The van der Waals surface area contributed by atoms with E-state index in [1.807, 2.05) is 36.4 Å². The second kappa shape index (κ2) is 9.00. The fourth-order valence-electron chi connectivity index (χ4n) is 5.00. The summed E-state index contributed by atoms with van der Waals surface area (Å²) in [4.78, 5) is 21.8. The molecule has 3 heterocycles. The summed E-state index contributed by atoms with van der Waals surface area (Å²) >= 11 is 0. The molecule has 0 aliphatic carbocycles. The normalized spacial score (nSPS) is 19.9. The number of hydrogen-bond acceptors (Lipinski definition) is 4. The minimum atomic E-state index is -4.42. The Bertz CT molecular complexity index is 1150. The standard InChI is InChI=1S/C26H25F3N4O/c27-26(28,29)20-8-9-23-19(13-20)14-22(25(34)31-16-18-5-4-10-30-15-18)24-17-32(11-12-33(23)24)21-6-2-1-3-7-21/h1-10,13,15,22,24H,11-12,14,16-17H2,(H,31,34)/t22-,24-/m1/s1. The summed E-state index contributed by atoms with van der Waals surface area (Å²) in [7, 11) is 0. The SMILES string of the molecule is O=C(NCc1cccnc1)[C@@H]1Cc2cc(C(F)(F)F)ccc2N2CCN(c3ccccc3)C[C@H]12. The average Bonchev–Trinajstić information content (AvgIpc) is 2.86. The summed E-state index contributed by atoms with van der Waals surface area (Å²) in [6.07, 6.45) is -0.798. The van der Waals surface area contributed by atoms with Crippen LogP contribution in [0, 0.1) is 5.92 Å². The number of amides is 1. The van der Waals surface area contributed by atoms with Gasteiger partial charge in [0.1, 0.15) is 0 Å². The minimum Gasteiger partial charge on any atom is -0.368 e. The molecule has 1 aromatic heterocycles. The third-order valence-corrected chi connectivity index (χ3v) is 6.69. The molecule has 0 radical (unpaired) electrons. The van der Waals surface area contributed by atoms with E-state index in [4.69, 9.17) is 0 Å². The zero-order chi connectivity index (χ0) is 23.7. The van der Waals surface area contributed by atoms with Crippen molar-refractivity contribution in [1.29, 1.82) is 0 Å². The summed E-state index contributed by atoms with van der Waals surface area (Å²) in [6.45, 7) is 2.30. The summed E-state index contributed by atoms with van der Waals surface area (Å²) < 4.78 is 40.2. The quantitative estimate of drug-likeness (QED) is 0.624. The molecule has 2 aliphatic rings. The Hall–Kier alpha value is -3.55. The fourth-order valence-corrected chi connectivity index (χ4v) is 5.00. The molecule has 0 unspecified atom stereocenters. The maximum absolute atomic E-state index is 13.4. The van der Waals surface area contributed by atoms with Gasteiger partial charge in [-0.2, -0.15) is 13.2 Å². The lowest BCUT2D eigenvalue weighted by Crippen LogP contribution is -2.61. The highest BCUT2D eigenvalue weighted by molar-refractivity contribution is 5.82. The van der Waals surface area contributed by atoms with Crippen molar-refractivity contribution in [3.05, 3.63) is 89.7 Å². The van der Waals surface area contributed by atoms with E-state index in [2.05, 4.69) is 20.1 Å². The Morgan fingerprint density at radius 3 is 2.62 bits per heavy atom. The van der Waals surface area contributed by atoms with Gasteiger partial charge in [-0.25, -0.2) is 0 Å². The predicted molar refractivity (Wildman–Crippen MR) is 125 cm³/mol. The van der Waals surface area contributed by atoms with Crippen molar-refractivity contribution in [1.82, 2.24) is 10.3 Å². The molecule has 1 fully saturated rings. The molecule has 2 atom stereocenters. The number of halogens is 3. The van der Waals surface area contributed by atoms with E-state index in [1.165, 1.54) is 6.07 Å². The van der Waals surface area contributed by atoms with Crippen LogP contribution in [0.3, 0.4) is 0 Å². The molecule has 2 aliphatic heterocycles. The lowest BCUT2D eigenvalue weighted by molar-refractivity contribution is -0.137. The average molecular weight is 467 g/mol. The third kappa shape index (κ3) is 4.44. The molecule has 2 aromatic carbocycles. The lowest BCUT2D eigenvalue weighted by Gasteiger charge is -2.49. The first-order valence-electron chi connectivity index (χ1n) is 11.3. The first kappa shape index (κ1) is 22.3. The van der Waals surface area contributed by atoms with Gasteiger partial charge >= 0.3 is 6.18 Å². The molecule has 3 aromatic rings.